The van der Waals surface area contributed by atoms with Gasteiger partial charge in [0.15, 0.2) is 0 Å². The Morgan fingerprint density at radius 1 is 1.17 bits per heavy atom. The maximum atomic E-state index is 12.9. The first kappa shape index (κ1) is 23.8. The second-order valence-electron chi connectivity index (χ2n) is 6.78. The number of benzene rings is 2. The molecule has 0 heterocycles. The van der Waals surface area contributed by atoms with Crippen molar-refractivity contribution in [1.29, 1.82) is 0 Å². The van der Waals surface area contributed by atoms with Crippen LogP contribution in [0.5, 0.6) is 11.5 Å². The molecule has 0 bridgehead atoms. The van der Waals surface area contributed by atoms with Crippen molar-refractivity contribution >= 4 is 33.2 Å². The van der Waals surface area contributed by atoms with Crippen LogP contribution in [0.25, 0.3) is 0 Å². The van der Waals surface area contributed by atoms with Crippen molar-refractivity contribution in [3.05, 3.63) is 53.1 Å². The number of carbonyl (C=O) groups is 1. The number of anilines is 1. The number of halogens is 1. The van der Waals surface area contributed by atoms with Gasteiger partial charge in [-0.25, -0.2) is 8.42 Å². The fourth-order valence-corrected chi connectivity index (χ4v) is 4.39. The number of sulfonamides is 1. The van der Waals surface area contributed by atoms with E-state index >= 15 is 0 Å². The molecule has 0 aromatic heterocycles. The zero-order chi connectivity index (χ0) is 22.5. The van der Waals surface area contributed by atoms with Gasteiger partial charge >= 0.3 is 0 Å². The summed E-state index contributed by atoms with van der Waals surface area (Å²) in [5.74, 6) is 0.581. The molecule has 164 valence electrons. The number of nitrogens with zero attached hydrogens (tertiary/aromatic N) is 1. The van der Waals surface area contributed by atoms with Crippen molar-refractivity contribution < 1.29 is 22.7 Å². The number of hydrogen-bond donors (Lipinski definition) is 1. The highest BCUT2D eigenvalue weighted by Gasteiger charge is 2.32. The average Bonchev–Trinajstić information content (AvgIpc) is 2.68. The van der Waals surface area contributed by atoms with Gasteiger partial charge in [-0.05, 0) is 56.7 Å². The van der Waals surface area contributed by atoms with Gasteiger partial charge in [0.25, 0.3) is 0 Å². The first-order chi connectivity index (χ1) is 14.1. The number of nitrogens with one attached hydrogen (secondary N) is 1. The van der Waals surface area contributed by atoms with Crippen molar-refractivity contribution in [2.75, 3.05) is 24.3 Å². The van der Waals surface area contributed by atoms with Crippen molar-refractivity contribution in [3.63, 3.8) is 0 Å². The number of carbonyl (C=O) groups excluding carboxylic acids is 1. The molecule has 0 saturated heterocycles. The van der Waals surface area contributed by atoms with Gasteiger partial charge in [0.1, 0.15) is 17.5 Å². The summed E-state index contributed by atoms with van der Waals surface area (Å²) in [5.41, 5.74) is 1.06. The summed E-state index contributed by atoms with van der Waals surface area (Å²) in [7, 11) is -2.38. The van der Waals surface area contributed by atoms with Crippen LogP contribution in [0, 0.1) is 0 Å². The van der Waals surface area contributed by atoms with Crippen LogP contribution in [0.2, 0.25) is 5.02 Å². The zero-order valence-electron chi connectivity index (χ0n) is 17.7. The first-order valence-electron chi connectivity index (χ1n) is 9.44. The standard InChI is InChI=1S/C21H27ClN2O5S/c1-6-29-18-10-7-16(8-11-18)14(2)23-21(25)15(3)24(30(5,26)27)19-13-17(22)9-12-20(19)28-4/h7-15H,6H2,1-5H3,(H,23,25)/t14-,15+/m1/s1. The third-order valence-electron chi connectivity index (χ3n) is 4.52. The smallest absolute Gasteiger partial charge is 0.244 e. The van der Waals surface area contributed by atoms with Gasteiger partial charge in [-0.2, -0.15) is 0 Å². The Kier molecular flexibility index (Phi) is 7.97. The fraction of sp³-hybridized carbons (Fsp3) is 0.381. The average molecular weight is 455 g/mol. The number of hydrogen-bond acceptors (Lipinski definition) is 5. The molecule has 0 spiro atoms. The predicted octanol–water partition coefficient (Wildman–Crippen LogP) is 3.78. The topological polar surface area (TPSA) is 84.9 Å². The second kappa shape index (κ2) is 10.0. The largest absolute Gasteiger partial charge is 0.495 e. The Balaban J connectivity index is 2.27. The molecular weight excluding hydrogens is 428 g/mol. The van der Waals surface area contributed by atoms with Crippen LogP contribution in [-0.4, -0.2) is 40.3 Å². The molecule has 2 rings (SSSR count). The second-order valence-corrected chi connectivity index (χ2v) is 9.08. The minimum Gasteiger partial charge on any atom is -0.495 e. The molecule has 9 heteroatoms. The fourth-order valence-electron chi connectivity index (χ4n) is 3.05. The summed E-state index contributed by atoms with van der Waals surface area (Å²) in [6, 6.07) is 10.6. The summed E-state index contributed by atoms with van der Waals surface area (Å²) >= 11 is 6.06. The van der Waals surface area contributed by atoms with E-state index in [9.17, 15) is 13.2 Å². The Bertz CT molecular complexity index is 979. The highest BCUT2D eigenvalue weighted by molar-refractivity contribution is 7.92. The lowest BCUT2D eigenvalue weighted by Gasteiger charge is -2.30. The molecule has 1 amide bonds. The SMILES string of the molecule is CCOc1ccc([C@@H](C)NC(=O)[C@H](C)N(c2cc(Cl)ccc2OC)S(C)(=O)=O)cc1. The van der Waals surface area contributed by atoms with Gasteiger partial charge in [0.2, 0.25) is 15.9 Å². The molecule has 0 radical (unpaired) electrons. The van der Waals surface area contributed by atoms with Crippen LogP contribution >= 0.6 is 11.6 Å². The van der Waals surface area contributed by atoms with Gasteiger partial charge in [0, 0.05) is 5.02 Å². The van der Waals surface area contributed by atoms with Gasteiger partial charge in [-0.3, -0.25) is 9.10 Å². The zero-order valence-corrected chi connectivity index (χ0v) is 19.3. The molecule has 0 aliphatic rings. The van der Waals surface area contributed by atoms with E-state index in [2.05, 4.69) is 5.32 Å². The van der Waals surface area contributed by atoms with Crippen molar-refractivity contribution in [1.82, 2.24) is 5.32 Å². The van der Waals surface area contributed by atoms with E-state index in [0.29, 0.717) is 17.4 Å². The third kappa shape index (κ3) is 5.79. The quantitative estimate of drug-likeness (QED) is 0.623. The Morgan fingerprint density at radius 3 is 2.33 bits per heavy atom. The van der Waals surface area contributed by atoms with E-state index in [0.717, 1.165) is 21.9 Å². The molecule has 0 fully saturated rings. The minimum atomic E-state index is -3.81. The summed E-state index contributed by atoms with van der Waals surface area (Å²) in [6.45, 7) is 5.81. The maximum absolute atomic E-state index is 12.9. The van der Waals surface area contributed by atoms with Crippen LogP contribution in [0.1, 0.15) is 32.4 Å². The van der Waals surface area contributed by atoms with E-state index in [-0.39, 0.29) is 11.7 Å². The van der Waals surface area contributed by atoms with E-state index in [1.54, 1.807) is 12.1 Å². The lowest BCUT2D eigenvalue weighted by Crippen LogP contribution is -2.48. The number of amides is 1. The lowest BCUT2D eigenvalue weighted by atomic mass is 10.1. The Labute approximate surface area is 183 Å². The summed E-state index contributed by atoms with van der Waals surface area (Å²) in [5, 5.41) is 3.19. The van der Waals surface area contributed by atoms with Crippen LogP contribution in [0.3, 0.4) is 0 Å². The van der Waals surface area contributed by atoms with Crippen LogP contribution in [-0.2, 0) is 14.8 Å². The van der Waals surface area contributed by atoms with E-state index in [4.69, 9.17) is 21.1 Å². The summed E-state index contributed by atoms with van der Waals surface area (Å²) < 4.78 is 36.8. The van der Waals surface area contributed by atoms with Crippen LogP contribution in [0.4, 0.5) is 5.69 Å². The third-order valence-corrected chi connectivity index (χ3v) is 5.98. The van der Waals surface area contributed by atoms with Crippen LogP contribution < -0.4 is 19.1 Å². The first-order valence-corrected chi connectivity index (χ1v) is 11.7. The van der Waals surface area contributed by atoms with E-state index in [1.165, 1.54) is 20.1 Å². The molecule has 2 aromatic carbocycles. The Morgan fingerprint density at radius 2 is 1.80 bits per heavy atom. The molecular formula is C21H27ClN2O5S. The van der Waals surface area contributed by atoms with Gasteiger partial charge in [-0.1, -0.05) is 23.7 Å². The molecule has 0 aliphatic carbocycles. The predicted molar refractivity (Wildman–Crippen MR) is 119 cm³/mol. The monoisotopic (exact) mass is 454 g/mol. The molecule has 2 aromatic rings. The summed E-state index contributed by atoms with van der Waals surface area (Å²) in [4.78, 5) is 12.9. The molecule has 2 atom stereocenters. The van der Waals surface area contributed by atoms with E-state index in [1.807, 2.05) is 38.1 Å². The van der Waals surface area contributed by atoms with Crippen molar-refractivity contribution in [3.8, 4) is 11.5 Å². The van der Waals surface area contributed by atoms with Gasteiger partial charge in [-0.15, -0.1) is 0 Å². The maximum Gasteiger partial charge on any atom is 0.244 e. The highest BCUT2D eigenvalue weighted by Crippen LogP contribution is 2.34. The minimum absolute atomic E-state index is 0.198. The van der Waals surface area contributed by atoms with Crippen LogP contribution in [0.15, 0.2) is 42.5 Å². The molecule has 0 unspecified atom stereocenters. The van der Waals surface area contributed by atoms with Gasteiger partial charge < -0.3 is 14.8 Å². The molecule has 0 aliphatic heterocycles. The molecule has 30 heavy (non-hydrogen) atoms. The molecule has 7 nitrogen and oxygen atoms in total. The normalized spacial score (nSPS) is 13.3. The number of methoxy groups -OCH3 is 1. The van der Waals surface area contributed by atoms with E-state index < -0.39 is 22.0 Å². The number of rotatable bonds is 9. The molecule has 0 saturated carbocycles. The lowest BCUT2D eigenvalue weighted by molar-refractivity contribution is -0.122. The van der Waals surface area contributed by atoms with Crippen molar-refractivity contribution in [2.24, 2.45) is 0 Å². The van der Waals surface area contributed by atoms with Crippen molar-refractivity contribution in [2.45, 2.75) is 32.9 Å². The van der Waals surface area contributed by atoms with Gasteiger partial charge in [0.05, 0.1) is 31.7 Å². The highest BCUT2D eigenvalue weighted by atomic mass is 35.5. The summed E-state index contributed by atoms with van der Waals surface area (Å²) in [6.07, 6.45) is 1.03. The Hall–Kier alpha value is -2.45. The number of ether oxygens (including phenoxy) is 2. The molecule has 1 N–H and O–H groups in total.